The predicted molar refractivity (Wildman–Crippen MR) is 179 cm³/mol. The fourth-order valence-corrected chi connectivity index (χ4v) is 13.7. The number of carboxylic acids is 1. The quantitative estimate of drug-likeness (QED) is 0.286. The summed E-state index contributed by atoms with van der Waals surface area (Å²) in [6.45, 7) is 11.9. The fourth-order valence-electron chi connectivity index (χ4n) is 13.7. The molecule has 0 aromatic heterocycles. The standard InChI is InChI=1S/C41H61NO2/c1-26-31(27-11-13-30(14-12-27)37(43)44)17-21-38(2)33(26)18-22-40(4)36(38)16-15-34-35-6-5-20-41(35,24-23-39(34,40)3)42-25-19-32(28-7-8-28)29-9-10-29/h11,17,19,26,28-30,33-36,42H,5-10,12-16,18,20-25H2,1-4H3,(H,43,44)/t26?,30?,33?,34?,35?,36?,38?,39-,40?,41?/m1/s1. The average Bonchev–Trinajstić information content (AvgIpc) is 3.95. The molecule has 0 aromatic rings. The van der Waals surface area contributed by atoms with Crippen molar-refractivity contribution in [1.82, 2.24) is 5.32 Å². The van der Waals surface area contributed by atoms with E-state index in [0.717, 1.165) is 54.9 Å². The number of nitrogens with one attached hydrogen (secondary N) is 1. The number of hydrogen-bond acceptors (Lipinski definition) is 2. The van der Waals surface area contributed by atoms with Gasteiger partial charge >= 0.3 is 5.97 Å². The fraction of sp³-hybridized carbons (Fsp3) is 0.829. The first kappa shape index (κ1) is 30.0. The monoisotopic (exact) mass is 599 g/mol. The van der Waals surface area contributed by atoms with Crippen LogP contribution in [0.25, 0.3) is 0 Å². The van der Waals surface area contributed by atoms with Crippen LogP contribution in [0.1, 0.15) is 137 Å². The molecule has 10 atom stereocenters. The van der Waals surface area contributed by atoms with Crippen molar-refractivity contribution in [3.05, 3.63) is 34.9 Å². The minimum atomic E-state index is -0.615. The first-order valence-corrected chi connectivity index (χ1v) is 19.2. The number of carboxylic acid groups (broad SMARTS) is 1. The van der Waals surface area contributed by atoms with Gasteiger partial charge in [-0.3, -0.25) is 4.79 Å². The first-order chi connectivity index (χ1) is 21.1. The summed E-state index contributed by atoms with van der Waals surface area (Å²) in [7, 11) is 0. The Balaban J connectivity index is 1.02. The van der Waals surface area contributed by atoms with Crippen LogP contribution in [0, 0.1) is 63.6 Å². The van der Waals surface area contributed by atoms with Gasteiger partial charge in [-0.15, -0.1) is 0 Å². The molecule has 0 aliphatic heterocycles. The van der Waals surface area contributed by atoms with Crippen molar-refractivity contribution in [3.63, 3.8) is 0 Å². The van der Waals surface area contributed by atoms with E-state index >= 15 is 0 Å². The number of carbonyl (C=O) groups is 1. The van der Waals surface area contributed by atoms with E-state index in [1.165, 1.54) is 95.5 Å². The summed E-state index contributed by atoms with van der Waals surface area (Å²) in [6.07, 6.45) is 29.9. The summed E-state index contributed by atoms with van der Waals surface area (Å²) >= 11 is 0. The van der Waals surface area contributed by atoms with Crippen LogP contribution in [0.4, 0.5) is 0 Å². The molecule has 9 unspecified atom stereocenters. The lowest BCUT2D eigenvalue weighted by molar-refractivity contribution is -0.212. The Morgan fingerprint density at radius 1 is 0.841 bits per heavy atom. The third-order valence-corrected chi connectivity index (χ3v) is 16.6. The van der Waals surface area contributed by atoms with E-state index < -0.39 is 5.97 Å². The van der Waals surface area contributed by atoms with Gasteiger partial charge in [-0.05, 0) is 172 Å². The van der Waals surface area contributed by atoms with Gasteiger partial charge in [-0.25, -0.2) is 0 Å². The van der Waals surface area contributed by atoms with E-state index in [9.17, 15) is 9.90 Å². The van der Waals surface area contributed by atoms with Crippen LogP contribution >= 0.6 is 0 Å². The highest BCUT2D eigenvalue weighted by molar-refractivity contribution is 5.70. The molecule has 0 saturated heterocycles. The molecular formula is C41H61NO2. The van der Waals surface area contributed by atoms with Gasteiger partial charge in [0.1, 0.15) is 0 Å². The minimum absolute atomic E-state index is 0.182. The van der Waals surface area contributed by atoms with Crippen molar-refractivity contribution < 1.29 is 9.90 Å². The van der Waals surface area contributed by atoms with Crippen LogP contribution in [-0.2, 0) is 4.79 Å². The van der Waals surface area contributed by atoms with Gasteiger partial charge in [-0.2, -0.15) is 0 Å². The number of aliphatic carboxylic acids is 1. The smallest absolute Gasteiger partial charge is 0.306 e. The van der Waals surface area contributed by atoms with E-state index in [1.54, 1.807) is 5.57 Å². The molecule has 0 amide bonds. The van der Waals surface area contributed by atoms with Gasteiger partial charge in [-0.1, -0.05) is 57.9 Å². The zero-order chi connectivity index (χ0) is 30.5. The molecule has 0 spiro atoms. The van der Waals surface area contributed by atoms with Crippen molar-refractivity contribution in [1.29, 1.82) is 0 Å². The van der Waals surface area contributed by atoms with E-state index in [-0.39, 0.29) is 5.92 Å². The van der Waals surface area contributed by atoms with Crippen molar-refractivity contribution in [2.45, 2.75) is 142 Å². The molecule has 3 heteroatoms. The van der Waals surface area contributed by atoms with Gasteiger partial charge in [0.25, 0.3) is 0 Å². The van der Waals surface area contributed by atoms with Crippen LogP contribution in [0.5, 0.6) is 0 Å². The molecule has 3 nitrogen and oxygen atoms in total. The molecule has 44 heavy (non-hydrogen) atoms. The number of fused-ring (bicyclic) bond motifs is 7. The molecule has 6 saturated carbocycles. The van der Waals surface area contributed by atoms with Crippen molar-refractivity contribution >= 4 is 5.97 Å². The molecule has 8 aliphatic carbocycles. The number of rotatable bonds is 7. The van der Waals surface area contributed by atoms with E-state index in [2.05, 4.69) is 51.2 Å². The second-order valence-electron chi connectivity index (χ2n) is 18.2. The molecule has 2 N–H and O–H groups in total. The summed E-state index contributed by atoms with van der Waals surface area (Å²) in [6, 6.07) is 0. The van der Waals surface area contributed by atoms with Gasteiger partial charge in [0.05, 0.1) is 5.92 Å². The van der Waals surface area contributed by atoms with Crippen LogP contribution in [0.2, 0.25) is 0 Å². The third-order valence-electron chi connectivity index (χ3n) is 16.6. The molecule has 0 bridgehead atoms. The van der Waals surface area contributed by atoms with Crippen molar-refractivity contribution in [3.8, 4) is 0 Å². The molecule has 0 radical (unpaired) electrons. The Labute approximate surface area is 268 Å². The van der Waals surface area contributed by atoms with Crippen LogP contribution in [0.3, 0.4) is 0 Å². The lowest BCUT2D eigenvalue weighted by Crippen LogP contribution is -2.66. The maximum absolute atomic E-state index is 11.6. The summed E-state index contributed by atoms with van der Waals surface area (Å²) < 4.78 is 0. The predicted octanol–water partition coefficient (Wildman–Crippen LogP) is 9.89. The maximum Gasteiger partial charge on any atom is 0.306 e. The summed E-state index contributed by atoms with van der Waals surface area (Å²) in [4.78, 5) is 11.6. The highest BCUT2D eigenvalue weighted by atomic mass is 16.4. The number of allylic oxidation sites excluding steroid dienone is 5. The maximum atomic E-state index is 11.6. The SMILES string of the molecule is CC1C(C2=CCC(C(=O)O)CC2)=CCC2(C)C1CCC1(C)C2CCC2C3CCCC3(NCC=C(C3CC3)C3CC3)CC[C@]21C. The zero-order valence-electron chi connectivity index (χ0n) is 28.4. The van der Waals surface area contributed by atoms with Crippen LogP contribution < -0.4 is 5.32 Å². The van der Waals surface area contributed by atoms with Crippen molar-refractivity contribution in [2.75, 3.05) is 6.54 Å². The van der Waals surface area contributed by atoms with Crippen LogP contribution in [0.15, 0.2) is 34.9 Å². The Morgan fingerprint density at radius 2 is 1.61 bits per heavy atom. The lowest BCUT2D eigenvalue weighted by atomic mass is 9.34. The molecule has 6 fully saturated rings. The van der Waals surface area contributed by atoms with Crippen LogP contribution in [-0.4, -0.2) is 23.2 Å². The normalized spacial score (nSPS) is 48.2. The molecule has 0 heterocycles. The van der Waals surface area contributed by atoms with Gasteiger partial charge < -0.3 is 10.4 Å². The van der Waals surface area contributed by atoms with Gasteiger partial charge in [0.2, 0.25) is 0 Å². The van der Waals surface area contributed by atoms with Gasteiger partial charge in [0.15, 0.2) is 0 Å². The van der Waals surface area contributed by atoms with E-state index in [1.807, 2.05) is 5.57 Å². The summed E-state index contributed by atoms with van der Waals surface area (Å²) in [5, 5.41) is 13.8. The summed E-state index contributed by atoms with van der Waals surface area (Å²) in [5.74, 6) is 5.01. The first-order valence-electron chi connectivity index (χ1n) is 19.2. The lowest BCUT2D eigenvalue weighted by Gasteiger charge is -2.71. The minimum Gasteiger partial charge on any atom is -0.481 e. The Kier molecular flexibility index (Phi) is 7.22. The number of hydrogen-bond donors (Lipinski definition) is 2. The Morgan fingerprint density at radius 3 is 2.30 bits per heavy atom. The zero-order valence-corrected chi connectivity index (χ0v) is 28.4. The topological polar surface area (TPSA) is 49.3 Å². The van der Waals surface area contributed by atoms with Crippen molar-refractivity contribution in [2.24, 2.45) is 63.6 Å². The van der Waals surface area contributed by atoms with Gasteiger partial charge in [0, 0.05) is 12.1 Å². The second kappa shape index (κ2) is 10.6. The van der Waals surface area contributed by atoms with E-state index in [0.29, 0.717) is 34.1 Å². The third kappa shape index (κ3) is 4.46. The summed E-state index contributed by atoms with van der Waals surface area (Å²) in [5.41, 5.74) is 6.58. The molecule has 8 aliphatic rings. The Bertz CT molecular complexity index is 1250. The Hall–Kier alpha value is -1.35. The van der Waals surface area contributed by atoms with E-state index in [4.69, 9.17) is 0 Å². The highest BCUT2D eigenvalue weighted by Gasteiger charge is 2.68. The molecule has 0 aromatic carbocycles. The molecule has 8 rings (SSSR count). The molecular weight excluding hydrogens is 538 g/mol. The largest absolute Gasteiger partial charge is 0.481 e. The highest BCUT2D eigenvalue weighted by Crippen LogP contribution is 2.75. The average molecular weight is 600 g/mol. The second-order valence-corrected chi connectivity index (χ2v) is 18.2. The molecule has 242 valence electrons.